The fraction of sp³-hybridized carbons (Fsp3) is 0.500. The number of rotatable bonds is 2. The van der Waals surface area contributed by atoms with Gasteiger partial charge in [-0.1, -0.05) is 6.92 Å². The molecule has 1 amide bonds. The Bertz CT molecular complexity index is 844. The summed E-state index contributed by atoms with van der Waals surface area (Å²) < 4.78 is 2.22. The maximum Gasteiger partial charge on any atom is 0.226 e. The van der Waals surface area contributed by atoms with Crippen molar-refractivity contribution in [2.75, 3.05) is 24.5 Å². The van der Waals surface area contributed by atoms with Crippen LogP contribution in [0.5, 0.6) is 0 Å². The topological polar surface area (TPSA) is 41.4 Å². The van der Waals surface area contributed by atoms with E-state index in [1.165, 1.54) is 11.4 Å². The molecule has 2 aromatic heterocycles. The van der Waals surface area contributed by atoms with E-state index in [2.05, 4.69) is 57.6 Å². The van der Waals surface area contributed by atoms with Crippen LogP contribution >= 0.6 is 0 Å². The fourth-order valence-corrected chi connectivity index (χ4v) is 4.88. The molecule has 0 aromatic carbocycles. The van der Waals surface area contributed by atoms with Gasteiger partial charge in [0, 0.05) is 37.9 Å². The minimum Gasteiger partial charge on any atom is -0.356 e. The molecule has 5 heteroatoms. The second kappa shape index (κ2) is 5.10. The molecule has 130 valence electrons. The lowest BCUT2D eigenvalue weighted by molar-refractivity contribution is -0.132. The van der Waals surface area contributed by atoms with Crippen LogP contribution in [0.15, 0.2) is 36.7 Å². The molecule has 3 atom stereocenters. The van der Waals surface area contributed by atoms with E-state index in [0.717, 1.165) is 38.3 Å². The lowest BCUT2D eigenvalue weighted by Crippen LogP contribution is -2.52. The van der Waals surface area contributed by atoms with E-state index in [9.17, 15) is 4.79 Å². The molecule has 5 rings (SSSR count). The predicted octanol–water partition coefficient (Wildman–Crippen LogP) is 2.80. The summed E-state index contributed by atoms with van der Waals surface area (Å²) in [5.41, 5.74) is 2.30. The maximum atomic E-state index is 12.8. The highest BCUT2D eigenvalue weighted by Crippen LogP contribution is 2.48. The molecule has 3 aliphatic rings. The van der Waals surface area contributed by atoms with Crippen LogP contribution in [0.25, 0.3) is 5.82 Å². The molecule has 1 spiro atoms. The molecule has 1 aliphatic carbocycles. The van der Waals surface area contributed by atoms with Crippen LogP contribution in [-0.4, -0.2) is 40.0 Å². The highest BCUT2D eigenvalue weighted by atomic mass is 16.2. The molecular formula is C20H24N4O. The number of nitrogens with zero attached hydrogens (tertiary/aromatic N) is 4. The molecular weight excluding hydrogens is 312 g/mol. The minimum absolute atomic E-state index is 0.137. The molecule has 1 saturated heterocycles. The van der Waals surface area contributed by atoms with E-state index in [0.29, 0.717) is 11.8 Å². The summed E-state index contributed by atoms with van der Waals surface area (Å²) in [6, 6.07) is 8.47. The van der Waals surface area contributed by atoms with Crippen LogP contribution in [0.4, 0.5) is 5.69 Å². The Morgan fingerprint density at radius 1 is 1.36 bits per heavy atom. The molecule has 0 bridgehead atoms. The third-order valence-corrected chi connectivity index (χ3v) is 6.33. The normalized spacial score (nSPS) is 29.7. The molecule has 0 unspecified atom stereocenters. The molecule has 2 fully saturated rings. The van der Waals surface area contributed by atoms with Gasteiger partial charge in [-0.15, -0.1) is 0 Å². The number of carbonyl (C=O) groups is 1. The van der Waals surface area contributed by atoms with Crippen molar-refractivity contribution in [1.29, 1.82) is 0 Å². The first kappa shape index (κ1) is 15.0. The quantitative estimate of drug-likeness (QED) is 0.847. The predicted molar refractivity (Wildman–Crippen MR) is 96.7 cm³/mol. The van der Waals surface area contributed by atoms with Gasteiger partial charge in [-0.25, -0.2) is 4.98 Å². The zero-order valence-electron chi connectivity index (χ0n) is 14.9. The van der Waals surface area contributed by atoms with Crippen molar-refractivity contribution in [1.82, 2.24) is 14.5 Å². The largest absolute Gasteiger partial charge is 0.356 e. The van der Waals surface area contributed by atoms with Gasteiger partial charge >= 0.3 is 0 Å². The average molecular weight is 336 g/mol. The number of carbonyl (C=O) groups excluding carboxylic acids is 1. The van der Waals surface area contributed by atoms with Crippen LogP contribution < -0.4 is 4.90 Å². The van der Waals surface area contributed by atoms with Gasteiger partial charge < -0.3 is 14.4 Å². The number of anilines is 1. The number of hydrogen-bond acceptors (Lipinski definition) is 3. The molecule has 0 N–H and O–H groups in total. The van der Waals surface area contributed by atoms with Crippen LogP contribution in [0.1, 0.15) is 32.4 Å². The van der Waals surface area contributed by atoms with Crippen LogP contribution in [0.3, 0.4) is 0 Å². The van der Waals surface area contributed by atoms with Crippen molar-refractivity contribution in [2.45, 2.75) is 32.2 Å². The van der Waals surface area contributed by atoms with Gasteiger partial charge in [0.2, 0.25) is 5.91 Å². The number of amides is 1. The van der Waals surface area contributed by atoms with E-state index in [1.54, 1.807) is 0 Å². The SMILES string of the molecule is CCN1c2cccnc2-n2cccc2[C@]12CCN(C(=O)[C@H]1C[C@H]1C)C2. The Hall–Kier alpha value is -2.30. The Morgan fingerprint density at radius 3 is 2.96 bits per heavy atom. The first-order valence-corrected chi connectivity index (χ1v) is 9.35. The summed E-state index contributed by atoms with van der Waals surface area (Å²) >= 11 is 0. The number of hydrogen-bond donors (Lipinski definition) is 0. The average Bonchev–Trinajstić information content (AvgIpc) is 3.05. The highest BCUT2D eigenvalue weighted by Gasteiger charge is 2.52. The Labute approximate surface area is 148 Å². The van der Waals surface area contributed by atoms with Gasteiger partial charge in [-0.3, -0.25) is 4.79 Å². The van der Waals surface area contributed by atoms with E-state index in [-0.39, 0.29) is 11.5 Å². The Kier molecular flexibility index (Phi) is 3.06. The summed E-state index contributed by atoms with van der Waals surface area (Å²) in [6.45, 7) is 6.91. The molecule has 1 saturated carbocycles. The highest BCUT2D eigenvalue weighted by molar-refractivity contribution is 5.82. The first-order chi connectivity index (χ1) is 12.2. The van der Waals surface area contributed by atoms with Gasteiger partial charge in [-0.2, -0.15) is 0 Å². The molecule has 2 aromatic rings. The van der Waals surface area contributed by atoms with Crippen molar-refractivity contribution < 1.29 is 4.79 Å². The Balaban J connectivity index is 1.58. The summed E-state index contributed by atoms with van der Waals surface area (Å²) in [4.78, 5) is 22.0. The summed E-state index contributed by atoms with van der Waals surface area (Å²) in [6.07, 6.45) is 5.99. The van der Waals surface area contributed by atoms with Crippen LogP contribution in [0.2, 0.25) is 0 Å². The number of fused-ring (bicyclic) bond motifs is 4. The third-order valence-electron chi connectivity index (χ3n) is 6.33. The van der Waals surface area contributed by atoms with Gasteiger partial charge in [-0.05, 0) is 49.9 Å². The van der Waals surface area contributed by atoms with Crippen molar-refractivity contribution in [3.63, 3.8) is 0 Å². The molecule has 5 nitrogen and oxygen atoms in total. The molecule has 4 heterocycles. The van der Waals surface area contributed by atoms with E-state index >= 15 is 0 Å². The zero-order chi connectivity index (χ0) is 17.2. The lowest BCUT2D eigenvalue weighted by Gasteiger charge is -2.46. The molecule has 25 heavy (non-hydrogen) atoms. The number of likely N-dealkylation sites (tertiary alicyclic amines) is 1. The summed E-state index contributed by atoms with van der Waals surface area (Å²) in [5, 5.41) is 0. The monoisotopic (exact) mass is 336 g/mol. The Morgan fingerprint density at radius 2 is 2.20 bits per heavy atom. The number of aromatic nitrogens is 2. The van der Waals surface area contributed by atoms with Gasteiger partial charge in [0.25, 0.3) is 0 Å². The second-order valence-corrected chi connectivity index (χ2v) is 7.71. The number of pyridine rings is 1. The summed E-state index contributed by atoms with van der Waals surface area (Å²) in [7, 11) is 0. The minimum atomic E-state index is -0.137. The second-order valence-electron chi connectivity index (χ2n) is 7.71. The lowest BCUT2D eigenvalue weighted by atomic mass is 9.89. The fourth-order valence-electron chi connectivity index (χ4n) is 4.88. The number of likely N-dealkylation sites (N-methyl/N-ethyl adjacent to an activating group) is 1. The van der Waals surface area contributed by atoms with Crippen molar-refractivity contribution in [3.8, 4) is 5.82 Å². The zero-order valence-corrected chi connectivity index (χ0v) is 14.9. The smallest absolute Gasteiger partial charge is 0.226 e. The molecule has 0 radical (unpaired) electrons. The van der Waals surface area contributed by atoms with E-state index in [4.69, 9.17) is 0 Å². The van der Waals surface area contributed by atoms with Gasteiger partial charge in [0.05, 0.1) is 16.9 Å². The van der Waals surface area contributed by atoms with Crippen LogP contribution in [0, 0.1) is 11.8 Å². The van der Waals surface area contributed by atoms with Crippen LogP contribution in [-0.2, 0) is 10.3 Å². The first-order valence-electron chi connectivity index (χ1n) is 9.35. The third kappa shape index (κ3) is 1.95. The van der Waals surface area contributed by atoms with Gasteiger partial charge in [0.15, 0.2) is 5.82 Å². The standard InChI is InChI=1S/C20H24N4O/c1-3-24-16-6-4-9-21-18(16)23-10-5-7-17(23)20(24)8-11-22(13-20)19(25)15-12-14(15)2/h4-7,9-10,14-15H,3,8,11-13H2,1-2H3/t14-,15+,20-/m1/s1. The summed E-state index contributed by atoms with van der Waals surface area (Å²) in [5.74, 6) is 2.17. The van der Waals surface area contributed by atoms with Crippen molar-refractivity contribution in [2.24, 2.45) is 11.8 Å². The maximum absolute atomic E-state index is 12.8. The van der Waals surface area contributed by atoms with Gasteiger partial charge in [0.1, 0.15) is 0 Å². The van der Waals surface area contributed by atoms with Crippen molar-refractivity contribution in [3.05, 3.63) is 42.4 Å². The van der Waals surface area contributed by atoms with Crippen molar-refractivity contribution >= 4 is 11.6 Å². The van der Waals surface area contributed by atoms with E-state index in [1.807, 2.05) is 12.3 Å². The van der Waals surface area contributed by atoms with E-state index < -0.39 is 0 Å². The molecule has 2 aliphatic heterocycles.